The van der Waals surface area contributed by atoms with Crippen molar-refractivity contribution in [2.75, 3.05) is 0 Å². The molecule has 0 atom stereocenters. The van der Waals surface area contributed by atoms with Gasteiger partial charge < -0.3 is 9.97 Å². The van der Waals surface area contributed by atoms with Crippen LogP contribution in [0.5, 0.6) is 0 Å². The van der Waals surface area contributed by atoms with E-state index in [0.29, 0.717) is 17.8 Å². The van der Waals surface area contributed by atoms with Gasteiger partial charge in [-0.1, -0.05) is 238 Å². The van der Waals surface area contributed by atoms with Gasteiger partial charge in [-0.15, -0.1) is 28.5 Å². The molecule has 5 heterocycles. The van der Waals surface area contributed by atoms with E-state index in [1.807, 2.05) is 0 Å². The molecule has 0 radical (unpaired) electrons. The number of hydrogen-bond acceptors (Lipinski definition) is 2. The monoisotopic (exact) mass is 1020 g/mol. The number of unbranched alkanes of at least 4 members (excludes halogenated alkanes) is 18. The predicted octanol–water partition coefficient (Wildman–Crippen LogP) is 20.6. The van der Waals surface area contributed by atoms with Crippen molar-refractivity contribution in [3.05, 3.63) is 93.6 Å². The van der Waals surface area contributed by atoms with Crippen molar-refractivity contribution in [3.63, 3.8) is 0 Å². The predicted molar refractivity (Wildman–Crippen MR) is 311 cm³/mol. The van der Waals surface area contributed by atoms with Crippen molar-refractivity contribution in [3.8, 4) is 23.5 Å². The van der Waals surface area contributed by atoms with E-state index in [-0.39, 0.29) is 19.5 Å². The van der Waals surface area contributed by atoms with E-state index in [0.717, 1.165) is 87.2 Å². The summed E-state index contributed by atoms with van der Waals surface area (Å²) in [6.07, 6.45) is 52.4. The zero-order chi connectivity index (χ0) is 50.0. The number of rotatable bonds is 34. The normalized spacial score (nSPS) is 12.2. The molecule has 0 N–H and O–H groups in total. The largest absolute Gasteiger partial charge is 2.00 e. The molecule has 0 saturated heterocycles. The van der Waals surface area contributed by atoms with Gasteiger partial charge >= 0.3 is 19.5 Å². The van der Waals surface area contributed by atoms with Crippen LogP contribution in [0.4, 0.5) is 0 Å². The van der Waals surface area contributed by atoms with Gasteiger partial charge in [0.2, 0.25) is 0 Å². The Kier molecular flexibility index (Phi) is 27.0. The van der Waals surface area contributed by atoms with Crippen LogP contribution in [0.1, 0.15) is 297 Å². The maximum atomic E-state index is 5.93. The topological polar surface area (TPSA) is 54.0 Å². The summed E-state index contributed by atoms with van der Waals surface area (Å²) in [7, 11) is 0. The number of aromatic nitrogens is 4. The minimum atomic E-state index is 0. The zero-order valence-electron chi connectivity index (χ0n) is 46.4. The third-order valence-corrected chi connectivity index (χ3v) is 15.7. The molecule has 72 heavy (non-hydrogen) atoms. The molecule has 0 spiro atoms. The first-order valence-electron chi connectivity index (χ1n) is 29.6. The van der Waals surface area contributed by atoms with Crippen molar-refractivity contribution >= 4 is 46.4 Å². The number of benzene rings is 1. The zero-order valence-corrected chi connectivity index (χ0v) is 49.4. The van der Waals surface area contributed by atoms with Gasteiger partial charge in [-0.05, 0) is 121 Å². The fraction of sp³-hybridized carbons (Fsp3) is 0.582. The molecule has 0 unspecified atom stereocenters. The van der Waals surface area contributed by atoms with Gasteiger partial charge in [0.15, 0.2) is 0 Å². The third kappa shape index (κ3) is 17.0. The van der Waals surface area contributed by atoms with Crippen LogP contribution in [0.25, 0.3) is 57.5 Å². The van der Waals surface area contributed by atoms with Crippen molar-refractivity contribution in [2.24, 2.45) is 0 Å². The first-order chi connectivity index (χ1) is 35.0. The van der Waals surface area contributed by atoms with E-state index in [9.17, 15) is 0 Å². The minimum absolute atomic E-state index is 0. The second-order valence-corrected chi connectivity index (χ2v) is 21.4. The Labute approximate surface area is 452 Å². The number of fused-ring (bicyclic) bond motifs is 8. The van der Waals surface area contributed by atoms with Gasteiger partial charge in [-0.3, -0.25) is 0 Å². The summed E-state index contributed by atoms with van der Waals surface area (Å²) in [6, 6.07) is 17.8. The van der Waals surface area contributed by atoms with Gasteiger partial charge in [0.05, 0.1) is 22.8 Å². The first kappa shape index (κ1) is 58.9. The maximum Gasteiger partial charge on any atom is 2.00 e. The summed E-state index contributed by atoms with van der Waals surface area (Å²) >= 11 is 0. The Morgan fingerprint density at radius 3 is 0.986 bits per heavy atom. The molecule has 2 aliphatic rings. The molecule has 2 aliphatic heterocycles. The Bertz CT molecular complexity index is 2400. The Hall–Kier alpha value is -4.00. The maximum absolute atomic E-state index is 5.93. The second kappa shape index (κ2) is 33.0. The van der Waals surface area contributed by atoms with E-state index >= 15 is 0 Å². The molecule has 0 aliphatic carbocycles. The molecule has 3 aromatic heterocycles. The number of terminal acetylenes is 1. The third-order valence-electron chi connectivity index (χ3n) is 15.7. The SMILES string of the molecule is C#Cc1ccc(-c2c3nc(c(C(CCCCCC)CCCCCC)c4ccc([n-]4)c(C(CCCCCC)CCCCCC)c4nc(c(C(CCCCCC)CCCCCC)c5ccc2[n-]5)C=C4)C=C3)cc1.[Zn+2]. The Morgan fingerprint density at radius 2 is 0.667 bits per heavy atom. The molecular formula is C67H94N4Zn. The van der Waals surface area contributed by atoms with E-state index in [4.69, 9.17) is 26.4 Å². The standard InChI is InChI=1S/C67H94N4.Zn/c1-8-15-21-27-33-52(34-28-22-16-9-2)64-56-43-45-58(68-56)65(53(35-29-23-17-10-3)36-30-24-18-11-4)60-47-49-62(70-60)67(55-41-39-51(14-7)40-42-55)63-50-48-61(71-63)66(59-46-44-57(64)69-59)54(37-31-25-19-12-5)38-32-26-20-13-6;/h7,39-50,52-54H,8-13,15-38H2,1-6H3;/q-2;+2. The smallest absolute Gasteiger partial charge is 0.657 e. The van der Waals surface area contributed by atoms with Crippen LogP contribution >= 0.6 is 0 Å². The summed E-state index contributed by atoms with van der Waals surface area (Å²) in [4.78, 5) is 23.2. The second-order valence-electron chi connectivity index (χ2n) is 21.4. The Morgan fingerprint density at radius 1 is 0.375 bits per heavy atom. The quantitative estimate of drug-likeness (QED) is 0.0230. The van der Waals surface area contributed by atoms with Gasteiger partial charge in [-0.25, -0.2) is 9.97 Å². The van der Waals surface area contributed by atoms with Gasteiger partial charge in [-0.2, -0.15) is 0 Å². The van der Waals surface area contributed by atoms with E-state index < -0.39 is 0 Å². The van der Waals surface area contributed by atoms with Crippen LogP contribution < -0.4 is 9.97 Å². The summed E-state index contributed by atoms with van der Waals surface area (Å²) in [6.45, 7) is 14.0. The molecule has 4 nitrogen and oxygen atoms in total. The van der Waals surface area contributed by atoms with Crippen molar-refractivity contribution in [1.82, 2.24) is 19.9 Å². The van der Waals surface area contributed by atoms with Crippen LogP contribution in [0, 0.1) is 12.3 Å². The summed E-state index contributed by atoms with van der Waals surface area (Å²) in [5.41, 5.74) is 15.5. The van der Waals surface area contributed by atoms with Crippen molar-refractivity contribution in [1.29, 1.82) is 0 Å². The average Bonchev–Trinajstić information content (AvgIpc) is 4.25. The summed E-state index contributed by atoms with van der Waals surface area (Å²) < 4.78 is 0. The number of hydrogen-bond donors (Lipinski definition) is 0. The fourth-order valence-corrected chi connectivity index (χ4v) is 11.6. The average molecular weight is 1020 g/mol. The van der Waals surface area contributed by atoms with Crippen LogP contribution in [-0.2, 0) is 19.5 Å². The van der Waals surface area contributed by atoms with Gasteiger partial charge in [0.1, 0.15) is 0 Å². The fourth-order valence-electron chi connectivity index (χ4n) is 11.6. The van der Waals surface area contributed by atoms with Crippen LogP contribution in [-0.4, -0.2) is 9.97 Å². The van der Waals surface area contributed by atoms with Gasteiger partial charge in [0.25, 0.3) is 0 Å². The molecule has 384 valence electrons. The van der Waals surface area contributed by atoms with E-state index in [2.05, 4.69) is 120 Å². The first-order valence-corrected chi connectivity index (χ1v) is 29.6. The Balaban J connectivity index is 0.00000963. The van der Waals surface area contributed by atoms with Crippen LogP contribution in [0.15, 0.2) is 48.5 Å². The molecule has 0 saturated carbocycles. The molecule has 5 heteroatoms. The van der Waals surface area contributed by atoms with Gasteiger partial charge in [0, 0.05) is 5.56 Å². The number of nitrogens with zero attached hydrogens (tertiary/aromatic N) is 4. The van der Waals surface area contributed by atoms with E-state index in [1.54, 1.807) is 0 Å². The molecule has 0 fully saturated rings. The molecule has 1 aromatic carbocycles. The molecule has 6 rings (SSSR count). The summed E-state index contributed by atoms with van der Waals surface area (Å²) in [5.74, 6) is 3.97. The van der Waals surface area contributed by atoms with E-state index in [1.165, 1.54) is 184 Å². The molecule has 8 bridgehead atoms. The van der Waals surface area contributed by atoms with Crippen molar-refractivity contribution in [2.45, 2.75) is 252 Å². The molecule has 0 amide bonds. The van der Waals surface area contributed by atoms with Crippen LogP contribution in [0.3, 0.4) is 0 Å². The molecule has 4 aromatic rings. The molecular weight excluding hydrogens is 926 g/mol. The van der Waals surface area contributed by atoms with Crippen LogP contribution in [0.2, 0.25) is 0 Å². The summed E-state index contributed by atoms with van der Waals surface area (Å²) in [5, 5.41) is 0. The van der Waals surface area contributed by atoms with Crippen molar-refractivity contribution < 1.29 is 19.5 Å². The minimum Gasteiger partial charge on any atom is -0.657 e.